The van der Waals surface area contributed by atoms with E-state index in [0.717, 1.165) is 20.1 Å². The highest BCUT2D eigenvalue weighted by Crippen LogP contribution is 2.69. The molecule has 5 rings (SSSR count). The molecule has 14 heteroatoms. The average Bonchev–Trinajstić information content (AvgIpc) is 3.63. The van der Waals surface area contributed by atoms with Crippen molar-refractivity contribution in [2.45, 2.75) is 109 Å². The molecule has 0 radical (unpaired) electrons. The van der Waals surface area contributed by atoms with Crippen molar-refractivity contribution >= 4 is 29.8 Å². The smallest absolute Gasteiger partial charge is 0.341 e. The Morgan fingerprint density at radius 3 is 2.29 bits per heavy atom. The van der Waals surface area contributed by atoms with Gasteiger partial charge in [-0.1, -0.05) is 13.8 Å². The van der Waals surface area contributed by atoms with Crippen molar-refractivity contribution in [3.8, 4) is 0 Å². The van der Waals surface area contributed by atoms with Gasteiger partial charge in [-0.2, -0.15) is 0 Å². The highest BCUT2D eigenvalue weighted by molar-refractivity contribution is 5.90. The van der Waals surface area contributed by atoms with Gasteiger partial charge in [-0.05, 0) is 51.8 Å². The largest absolute Gasteiger partial charge is 0.472 e. The number of aromatic nitrogens is 1. The highest BCUT2D eigenvalue weighted by atomic mass is 16.6. The standard InChI is InChI=1S/C35H43NO13/c1-8-19(2)29(39)47-27-24-14-26(46-30(40)22-10-9-12-36-16-22)34(18-44-20(3)37)28(48-31(41)23-11-13-43-17-23)25(45-21(4)38)15-33(7,42)35(27,34)49-32(24,5)6/h9-13,16-17,19,24-28,42H,8,14-15,18H2,1-7H3. The van der Waals surface area contributed by atoms with Crippen molar-refractivity contribution in [3.63, 3.8) is 0 Å². The van der Waals surface area contributed by atoms with E-state index in [2.05, 4.69) is 4.98 Å². The molecule has 2 saturated carbocycles. The lowest BCUT2D eigenvalue weighted by Gasteiger charge is -2.65. The third-order valence-electron chi connectivity index (χ3n) is 10.3. The van der Waals surface area contributed by atoms with Crippen LogP contribution < -0.4 is 0 Å². The Bertz CT molecular complexity index is 1570. The molecule has 2 aromatic rings. The second-order valence-electron chi connectivity index (χ2n) is 13.9. The topological polar surface area (TPSA) is 187 Å². The second-order valence-corrected chi connectivity index (χ2v) is 13.9. The van der Waals surface area contributed by atoms with E-state index in [0.29, 0.717) is 6.42 Å². The van der Waals surface area contributed by atoms with E-state index in [-0.39, 0.29) is 24.0 Å². The van der Waals surface area contributed by atoms with E-state index in [1.54, 1.807) is 26.8 Å². The molecule has 0 amide bonds. The summed E-state index contributed by atoms with van der Waals surface area (Å²) in [5.74, 6) is -5.08. The van der Waals surface area contributed by atoms with E-state index < -0.39 is 94.9 Å². The number of esters is 5. The summed E-state index contributed by atoms with van der Waals surface area (Å²) in [7, 11) is 0. The third kappa shape index (κ3) is 6.09. The van der Waals surface area contributed by atoms with E-state index in [4.69, 9.17) is 32.8 Å². The molecule has 3 fully saturated rings. The highest BCUT2D eigenvalue weighted by Gasteiger charge is 2.86. The van der Waals surface area contributed by atoms with Crippen molar-refractivity contribution in [2.24, 2.45) is 17.3 Å². The second kappa shape index (κ2) is 13.2. The minimum absolute atomic E-state index is 0.000559. The van der Waals surface area contributed by atoms with Crippen LogP contribution in [0.4, 0.5) is 0 Å². The Balaban J connectivity index is 1.81. The number of carbonyl (C=O) groups is 5. The molecular formula is C35H43NO13. The van der Waals surface area contributed by atoms with Gasteiger partial charge in [0.15, 0.2) is 11.7 Å². The molecule has 9 atom stereocenters. The summed E-state index contributed by atoms with van der Waals surface area (Å²) in [6, 6.07) is 4.40. The summed E-state index contributed by atoms with van der Waals surface area (Å²) < 4.78 is 42.3. The molecule has 9 unspecified atom stereocenters. The number of ether oxygens (including phenoxy) is 6. The van der Waals surface area contributed by atoms with Gasteiger partial charge in [-0.15, -0.1) is 0 Å². The number of nitrogens with zero attached hydrogens (tertiary/aromatic N) is 1. The van der Waals surface area contributed by atoms with Gasteiger partial charge in [0.05, 0.1) is 34.5 Å². The molecule has 1 spiro atoms. The first-order chi connectivity index (χ1) is 23.0. The molecule has 14 nitrogen and oxygen atoms in total. The van der Waals surface area contributed by atoms with Gasteiger partial charge in [-0.3, -0.25) is 19.4 Å². The molecule has 49 heavy (non-hydrogen) atoms. The first-order valence-corrected chi connectivity index (χ1v) is 16.3. The van der Waals surface area contributed by atoms with Gasteiger partial charge in [-0.25, -0.2) is 9.59 Å². The third-order valence-corrected chi connectivity index (χ3v) is 10.3. The zero-order chi connectivity index (χ0) is 35.9. The lowest BCUT2D eigenvalue weighted by Crippen LogP contribution is -2.83. The Morgan fingerprint density at radius 1 is 0.980 bits per heavy atom. The van der Waals surface area contributed by atoms with Crippen molar-refractivity contribution in [3.05, 3.63) is 54.2 Å². The number of furan rings is 1. The van der Waals surface area contributed by atoms with Crippen LogP contribution in [0.15, 0.2) is 47.5 Å². The zero-order valence-corrected chi connectivity index (χ0v) is 28.6. The van der Waals surface area contributed by atoms with E-state index in [1.165, 1.54) is 37.7 Å². The summed E-state index contributed by atoms with van der Waals surface area (Å²) >= 11 is 0. The fraction of sp³-hybridized carbons (Fsp3) is 0.600. The van der Waals surface area contributed by atoms with Crippen LogP contribution >= 0.6 is 0 Å². The van der Waals surface area contributed by atoms with Gasteiger partial charge in [0, 0.05) is 38.6 Å². The van der Waals surface area contributed by atoms with Crippen molar-refractivity contribution in [1.29, 1.82) is 0 Å². The van der Waals surface area contributed by atoms with E-state index in [1.807, 2.05) is 6.92 Å². The number of hydrogen-bond donors (Lipinski definition) is 1. The number of fused-ring (bicyclic) bond motifs is 1. The molecule has 266 valence electrons. The molecule has 2 bridgehead atoms. The first-order valence-electron chi connectivity index (χ1n) is 16.3. The molecule has 2 aliphatic carbocycles. The van der Waals surface area contributed by atoms with E-state index >= 15 is 0 Å². The SMILES string of the molecule is CCC(C)C(=O)OC1C2CC(OC(=O)c3cccnc3)C3(COC(C)=O)C(OC(=O)c4ccoc4)C(OC(C)=O)CC(C)(O)C13OC2(C)C. The predicted octanol–water partition coefficient (Wildman–Crippen LogP) is 3.59. The molecule has 3 aliphatic rings. The molecular weight excluding hydrogens is 642 g/mol. The lowest BCUT2D eigenvalue weighted by molar-refractivity contribution is -0.354. The normalized spacial score (nSPS) is 33.3. The summed E-state index contributed by atoms with van der Waals surface area (Å²) in [5, 5.41) is 12.7. The molecule has 0 aromatic carbocycles. The van der Waals surface area contributed by atoms with Crippen molar-refractivity contribution < 1.29 is 61.9 Å². The molecule has 1 aliphatic heterocycles. The van der Waals surface area contributed by atoms with Crippen LogP contribution in [0.2, 0.25) is 0 Å². The van der Waals surface area contributed by atoms with Crippen LogP contribution in [0, 0.1) is 17.3 Å². The van der Waals surface area contributed by atoms with Crippen LogP contribution in [-0.2, 0) is 42.8 Å². The average molecular weight is 686 g/mol. The molecule has 3 heterocycles. The fourth-order valence-electron chi connectivity index (χ4n) is 7.91. The minimum Gasteiger partial charge on any atom is -0.472 e. The van der Waals surface area contributed by atoms with Gasteiger partial charge < -0.3 is 37.9 Å². The predicted molar refractivity (Wildman–Crippen MR) is 167 cm³/mol. The van der Waals surface area contributed by atoms with Crippen LogP contribution in [0.3, 0.4) is 0 Å². The van der Waals surface area contributed by atoms with Gasteiger partial charge in [0.1, 0.15) is 36.6 Å². The fourth-order valence-corrected chi connectivity index (χ4v) is 7.91. The van der Waals surface area contributed by atoms with Crippen molar-refractivity contribution in [2.75, 3.05) is 6.61 Å². The van der Waals surface area contributed by atoms with Crippen LogP contribution in [0.1, 0.15) is 88.4 Å². The Hall–Kier alpha value is -4.30. The lowest BCUT2D eigenvalue weighted by atomic mass is 9.46. The number of hydrogen-bond acceptors (Lipinski definition) is 14. The summed E-state index contributed by atoms with van der Waals surface area (Å²) in [5.41, 5.74) is -7.26. The monoisotopic (exact) mass is 685 g/mol. The molecule has 2 aromatic heterocycles. The zero-order valence-electron chi connectivity index (χ0n) is 28.6. The first kappa shape index (κ1) is 36.0. The molecule has 1 saturated heterocycles. The quantitative estimate of drug-likeness (QED) is 0.282. The van der Waals surface area contributed by atoms with Gasteiger partial charge in [0.2, 0.25) is 0 Å². The summed E-state index contributed by atoms with van der Waals surface area (Å²) in [6.45, 7) is 10.1. The molecule has 1 N–H and O–H groups in total. The maximum atomic E-state index is 13.8. The Morgan fingerprint density at radius 2 is 1.69 bits per heavy atom. The van der Waals surface area contributed by atoms with E-state index in [9.17, 15) is 29.1 Å². The Labute approximate surface area is 283 Å². The number of carbonyl (C=O) groups excluding carboxylic acids is 5. The Kier molecular flexibility index (Phi) is 9.69. The maximum absolute atomic E-state index is 13.8. The summed E-state index contributed by atoms with van der Waals surface area (Å²) in [6.07, 6.45) is -0.373. The maximum Gasteiger partial charge on any atom is 0.341 e. The van der Waals surface area contributed by atoms with Crippen molar-refractivity contribution in [1.82, 2.24) is 4.98 Å². The summed E-state index contributed by atoms with van der Waals surface area (Å²) in [4.78, 5) is 70.4. The van der Waals surface area contributed by atoms with Crippen LogP contribution in [0.25, 0.3) is 0 Å². The van der Waals surface area contributed by atoms with Crippen LogP contribution in [0.5, 0.6) is 0 Å². The number of pyridine rings is 1. The number of rotatable bonds is 10. The number of aliphatic hydroxyl groups is 1. The minimum atomic E-state index is -2.08. The van der Waals surface area contributed by atoms with Gasteiger partial charge in [0.25, 0.3) is 0 Å². The van der Waals surface area contributed by atoms with Crippen LogP contribution in [-0.4, -0.2) is 87.8 Å². The van der Waals surface area contributed by atoms with Gasteiger partial charge >= 0.3 is 29.8 Å².